The Labute approximate surface area is 152 Å². The van der Waals surface area contributed by atoms with E-state index in [9.17, 15) is 9.90 Å². The molecule has 1 fully saturated rings. The second kappa shape index (κ2) is 6.32. The molecule has 3 unspecified atom stereocenters. The third-order valence-corrected chi connectivity index (χ3v) is 5.41. The van der Waals surface area contributed by atoms with Gasteiger partial charge >= 0.3 is 0 Å². The summed E-state index contributed by atoms with van der Waals surface area (Å²) in [6.07, 6.45) is 1.49. The van der Waals surface area contributed by atoms with Crippen molar-refractivity contribution in [2.45, 2.75) is 31.0 Å². The van der Waals surface area contributed by atoms with Crippen LogP contribution in [-0.2, 0) is 4.79 Å². The lowest BCUT2D eigenvalue weighted by molar-refractivity contribution is -0.206. The predicted octanol–water partition coefficient (Wildman–Crippen LogP) is 3.29. The smallest absolute Gasteiger partial charge is 0.218 e. The highest BCUT2D eigenvalue weighted by Gasteiger charge is 2.55. The summed E-state index contributed by atoms with van der Waals surface area (Å²) >= 11 is 0. The van der Waals surface area contributed by atoms with Crippen LogP contribution in [0.2, 0.25) is 0 Å². The monoisotopic (exact) mass is 354 g/mol. The van der Waals surface area contributed by atoms with Crippen LogP contribution in [0.4, 0.5) is 0 Å². The topological polar surface area (TPSA) is 65.0 Å². The first kappa shape index (κ1) is 16.9. The molecule has 2 aromatic carbocycles. The van der Waals surface area contributed by atoms with Gasteiger partial charge in [-0.1, -0.05) is 30.3 Å². The van der Waals surface area contributed by atoms with Gasteiger partial charge in [0, 0.05) is 36.5 Å². The second-order valence-electron chi connectivity index (χ2n) is 6.87. The maximum atomic E-state index is 12.8. The third kappa shape index (κ3) is 2.54. The zero-order chi connectivity index (χ0) is 18.3. The SMILES string of the molecule is COc1cc(OC)c2c(c1)OC1(O)CCCC(=O)C1C2c1ccccc1. The number of methoxy groups -OCH3 is 2. The quantitative estimate of drug-likeness (QED) is 0.916. The highest BCUT2D eigenvalue weighted by molar-refractivity contribution is 5.85. The summed E-state index contributed by atoms with van der Waals surface area (Å²) in [5.41, 5.74) is 1.74. The molecule has 5 nitrogen and oxygen atoms in total. The number of carbonyl (C=O) groups excluding carboxylic acids is 1. The molecule has 1 aliphatic heterocycles. The van der Waals surface area contributed by atoms with E-state index >= 15 is 0 Å². The molecule has 26 heavy (non-hydrogen) atoms. The van der Waals surface area contributed by atoms with Crippen LogP contribution in [0.3, 0.4) is 0 Å². The van der Waals surface area contributed by atoms with Crippen molar-refractivity contribution in [3.63, 3.8) is 0 Å². The van der Waals surface area contributed by atoms with Crippen LogP contribution in [0.1, 0.15) is 36.3 Å². The molecule has 1 aliphatic carbocycles. The van der Waals surface area contributed by atoms with Gasteiger partial charge in [0.15, 0.2) is 0 Å². The van der Waals surface area contributed by atoms with Crippen molar-refractivity contribution in [3.8, 4) is 17.2 Å². The van der Waals surface area contributed by atoms with Crippen LogP contribution in [0.25, 0.3) is 0 Å². The number of rotatable bonds is 3. The lowest BCUT2D eigenvalue weighted by Crippen LogP contribution is -2.55. The van der Waals surface area contributed by atoms with E-state index < -0.39 is 11.7 Å². The summed E-state index contributed by atoms with van der Waals surface area (Å²) in [7, 11) is 3.15. The molecule has 0 bridgehead atoms. The normalized spacial score (nSPS) is 27.1. The summed E-state index contributed by atoms with van der Waals surface area (Å²) in [6, 6.07) is 13.3. The Balaban J connectivity index is 1.98. The zero-order valence-electron chi connectivity index (χ0n) is 14.9. The molecular weight excluding hydrogens is 332 g/mol. The van der Waals surface area contributed by atoms with Gasteiger partial charge in [-0.15, -0.1) is 0 Å². The standard InChI is InChI=1S/C21H22O5/c1-24-14-11-16(25-2)19-17(12-14)26-21(23)10-6-9-15(22)20(21)18(19)13-7-4-3-5-8-13/h3-5,7-8,11-12,18,20,23H,6,9-10H2,1-2H3. The summed E-state index contributed by atoms with van der Waals surface area (Å²) in [4.78, 5) is 12.8. The van der Waals surface area contributed by atoms with Crippen LogP contribution in [0, 0.1) is 5.92 Å². The molecule has 136 valence electrons. The maximum Gasteiger partial charge on any atom is 0.218 e. The Morgan fingerprint density at radius 1 is 1.15 bits per heavy atom. The molecule has 0 radical (unpaired) electrons. The number of aliphatic hydroxyl groups is 1. The lowest BCUT2D eigenvalue weighted by Gasteiger charge is -2.47. The van der Waals surface area contributed by atoms with Crippen molar-refractivity contribution in [3.05, 3.63) is 53.6 Å². The minimum absolute atomic E-state index is 0.0242. The average molecular weight is 354 g/mol. The van der Waals surface area contributed by atoms with E-state index in [1.165, 1.54) is 0 Å². The molecule has 4 rings (SSSR count). The molecule has 1 heterocycles. The Hall–Kier alpha value is -2.53. The predicted molar refractivity (Wildman–Crippen MR) is 95.8 cm³/mol. The van der Waals surface area contributed by atoms with E-state index in [1.807, 2.05) is 30.3 Å². The molecule has 0 amide bonds. The first-order chi connectivity index (χ1) is 12.6. The molecule has 5 heteroatoms. The van der Waals surface area contributed by atoms with Gasteiger partial charge in [0.25, 0.3) is 0 Å². The lowest BCUT2D eigenvalue weighted by atomic mass is 9.67. The number of benzene rings is 2. The van der Waals surface area contributed by atoms with E-state index in [0.717, 1.165) is 11.1 Å². The van der Waals surface area contributed by atoms with Gasteiger partial charge in [0.2, 0.25) is 5.79 Å². The highest BCUT2D eigenvalue weighted by atomic mass is 16.6. The Kier molecular flexibility index (Phi) is 4.11. The molecular formula is C21H22O5. The molecule has 0 aromatic heterocycles. The van der Waals surface area contributed by atoms with Crippen molar-refractivity contribution in [2.75, 3.05) is 14.2 Å². The number of carbonyl (C=O) groups is 1. The van der Waals surface area contributed by atoms with Crippen molar-refractivity contribution in [1.29, 1.82) is 0 Å². The first-order valence-corrected chi connectivity index (χ1v) is 8.82. The summed E-state index contributed by atoms with van der Waals surface area (Å²) in [5, 5.41) is 11.2. The fourth-order valence-electron chi connectivity index (χ4n) is 4.27. The number of Topliss-reactive ketones (excluding diaryl/α,β-unsaturated/α-hetero) is 1. The summed E-state index contributed by atoms with van der Waals surface area (Å²) in [5.74, 6) is -0.808. The maximum absolute atomic E-state index is 12.8. The van der Waals surface area contributed by atoms with Gasteiger partial charge in [-0.05, 0) is 12.0 Å². The van der Waals surface area contributed by atoms with Gasteiger partial charge in [-0.3, -0.25) is 4.79 Å². The van der Waals surface area contributed by atoms with E-state index in [1.54, 1.807) is 26.4 Å². The van der Waals surface area contributed by atoms with Crippen molar-refractivity contribution < 1.29 is 24.1 Å². The Morgan fingerprint density at radius 3 is 2.62 bits per heavy atom. The number of fused-ring (bicyclic) bond motifs is 2. The number of hydrogen-bond acceptors (Lipinski definition) is 5. The van der Waals surface area contributed by atoms with Crippen LogP contribution in [0.15, 0.2) is 42.5 Å². The molecule has 1 N–H and O–H groups in total. The molecule has 2 aliphatic rings. The van der Waals surface area contributed by atoms with Gasteiger partial charge in [0.05, 0.1) is 20.1 Å². The minimum Gasteiger partial charge on any atom is -0.496 e. The fraction of sp³-hybridized carbons (Fsp3) is 0.381. The van der Waals surface area contributed by atoms with Crippen LogP contribution >= 0.6 is 0 Å². The summed E-state index contributed by atoms with van der Waals surface area (Å²) in [6.45, 7) is 0. The minimum atomic E-state index is -1.51. The molecule has 0 spiro atoms. The van der Waals surface area contributed by atoms with Crippen LogP contribution in [-0.4, -0.2) is 30.9 Å². The summed E-state index contributed by atoms with van der Waals surface area (Å²) < 4.78 is 17.0. The third-order valence-electron chi connectivity index (χ3n) is 5.41. The van der Waals surface area contributed by atoms with Gasteiger partial charge < -0.3 is 19.3 Å². The van der Waals surface area contributed by atoms with E-state index in [2.05, 4.69) is 0 Å². The molecule has 0 saturated heterocycles. The molecule has 2 aromatic rings. The Bertz CT molecular complexity index is 832. The van der Waals surface area contributed by atoms with Crippen molar-refractivity contribution in [2.24, 2.45) is 5.92 Å². The van der Waals surface area contributed by atoms with E-state index in [0.29, 0.717) is 36.5 Å². The van der Waals surface area contributed by atoms with E-state index in [4.69, 9.17) is 14.2 Å². The van der Waals surface area contributed by atoms with Crippen LogP contribution in [0.5, 0.6) is 17.2 Å². The fourth-order valence-corrected chi connectivity index (χ4v) is 4.27. The molecule has 1 saturated carbocycles. The van der Waals surface area contributed by atoms with Crippen molar-refractivity contribution in [1.82, 2.24) is 0 Å². The average Bonchev–Trinajstić information content (AvgIpc) is 2.65. The zero-order valence-corrected chi connectivity index (χ0v) is 14.9. The van der Waals surface area contributed by atoms with Gasteiger partial charge in [-0.2, -0.15) is 0 Å². The number of ether oxygens (including phenoxy) is 3. The van der Waals surface area contributed by atoms with E-state index in [-0.39, 0.29) is 11.7 Å². The second-order valence-corrected chi connectivity index (χ2v) is 6.87. The van der Waals surface area contributed by atoms with Gasteiger partial charge in [0.1, 0.15) is 23.0 Å². The number of ketones is 1. The number of hydrogen-bond donors (Lipinski definition) is 1. The van der Waals surface area contributed by atoms with Gasteiger partial charge in [-0.25, -0.2) is 0 Å². The first-order valence-electron chi connectivity index (χ1n) is 8.82. The van der Waals surface area contributed by atoms with Crippen LogP contribution < -0.4 is 14.2 Å². The van der Waals surface area contributed by atoms with Crippen molar-refractivity contribution >= 4 is 5.78 Å². The molecule has 3 atom stereocenters. The highest BCUT2D eigenvalue weighted by Crippen LogP contribution is 2.55. The Morgan fingerprint density at radius 2 is 1.92 bits per heavy atom. The largest absolute Gasteiger partial charge is 0.496 e.